The Morgan fingerprint density at radius 2 is 1.87 bits per heavy atom. The zero-order valence-electron chi connectivity index (χ0n) is 10.1. The third kappa shape index (κ3) is 3.83. The first-order valence-electron chi connectivity index (χ1n) is 6.47. The van der Waals surface area contributed by atoms with Crippen LogP contribution >= 0.6 is 0 Å². The summed E-state index contributed by atoms with van der Waals surface area (Å²) in [6.07, 6.45) is 8.45. The fourth-order valence-corrected chi connectivity index (χ4v) is 2.49. The summed E-state index contributed by atoms with van der Waals surface area (Å²) in [6, 6.07) is 3.53. The maximum absolute atomic E-state index is 9.15. The molecule has 15 heavy (non-hydrogen) atoms. The first-order chi connectivity index (χ1) is 7.31. The van der Waals surface area contributed by atoms with Crippen LogP contribution in [0.15, 0.2) is 0 Å². The van der Waals surface area contributed by atoms with Gasteiger partial charge in [-0.25, -0.2) is 0 Å². The zero-order valence-corrected chi connectivity index (χ0v) is 10.1. The van der Waals surface area contributed by atoms with E-state index in [4.69, 9.17) is 5.26 Å². The van der Waals surface area contributed by atoms with E-state index in [0.717, 1.165) is 6.42 Å². The van der Waals surface area contributed by atoms with Gasteiger partial charge < -0.3 is 5.32 Å². The summed E-state index contributed by atoms with van der Waals surface area (Å²) in [5.74, 6) is 0.244. The second-order valence-corrected chi connectivity index (χ2v) is 4.66. The SMILES string of the molecule is CCC(CC)NC1CCCCCC1C#N. The molecule has 0 radical (unpaired) electrons. The van der Waals surface area contributed by atoms with E-state index in [9.17, 15) is 0 Å². The highest BCUT2D eigenvalue weighted by atomic mass is 15.0. The van der Waals surface area contributed by atoms with Gasteiger partial charge in [0.25, 0.3) is 0 Å². The van der Waals surface area contributed by atoms with Gasteiger partial charge in [0, 0.05) is 12.1 Å². The van der Waals surface area contributed by atoms with E-state index in [1.54, 1.807) is 0 Å². The smallest absolute Gasteiger partial charge is 0.0672 e. The van der Waals surface area contributed by atoms with E-state index in [0.29, 0.717) is 12.1 Å². The second-order valence-electron chi connectivity index (χ2n) is 4.66. The van der Waals surface area contributed by atoms with Crippen molar-refractivity contribution in [3.8, 4) is 6.07 Å². The van der Waals surface area contributed by atoms with Gasteiger partial charge in [-0.1, -0.05) is 33.1 Å². The molecule has 0 aromatic rings. The molecule has 0 aromatic heterocycles. The van der Waals surface area contributed by atoms with Crippen LogP contribution < -0.4 is 5.32 Å². The third-order valence-corrected chi connectivity index (χ3v) is 3.62. The van der Waals surface area contributed by atoms with Gasteiger partial charge in [-0.2, -0.15) is 5.26 Å². The van der Waals surface area contributed by atoms with Crippen molar-refractivity contribution in [3.63, 3.8) is 0 Å². The minimum absolute atomic E-state index is 0.244. The number of hydrogen-bond donors (Lipinski definition) is 1. The van der Waals surface area contributed by atoms with Gasteiger partial charge in [-0.3, -0.25) is 0 Å². The molecule has 2 unspecified atom stereocenters. The number of hydrogen-bond acceptors (Lipinski definition) is 2. The Morgan fingerprint density at radius 3 is 2.47 bits per heavy atom. The van der Waals surface area contributed by atoms with E-state index in [1.807, 2.05) is 0 Å². The normalized spacial score (nSPS) is 27.3. The molecule has 1 saturated carbocycles. The molecule has 1 rings (SSSR count). The van der Waals surface area contributed by atoms with Crippen molar-refractivity contribution < 1.29 is 0 Å². The fourth-order valence-electron chi connectivity index (χ4n) is 2.49. The molecule has 0 spiro atoms. The molecule has 86 valence electrons. The van der Waals surface area contributed by atoms with E-state index < -0.39 is 0 Å². The van der Waals surface area contributed by atoms with Crippen LogP contribution in [0, 0.1) is 17.2 Å². The molecule has 0 bridgehead atoms. The molecular weight excluding hydrogens is 184 g/mol. The van der Waals surface area contributed by atoms with E-state index in [1.165, 1.54) is 38.5 Å². The molecule has 2 atom stereocenters. The summed E-state index contributed by atoms with van der Waals surface area (Å²) < 4.78 is 0. The Bertz CT molecular complexity index is 203. The van der Waals surface area contributed by atoms with Crippen LogP contribution in [0.1, 0.15) is 58.8 Å². The molecular formula is C13H24N2. The van der Waals surface area contributed by atoms with Crippen molar-refractivity contribution in [3.05, 3.63) is 0 Å². The molecule has 2 nitrogen and oxygen atoms in total. The molecule has 1 aliphatic carbocycles. The van der Waals surface area contributed by atoms with Gasteiger partial charge in [0.2, 0.25) is 0 Å². The molecule has 0 saturated heterocycles. The van der Waals surface area contributed by atoms with Crippen molar-refractivity contribution in [2.75, 3.05) is 0 Å². The van der Waals surface area contributed by atoms with Crippen LogP contribution in [0.4, 0.5) is 0 Å². The number of nitriles is 1. The Morgan fingerprint density at radius 1 is 1.20 bits per heavy atom. The predicted molar refractivity (Wildman–Crippen MR) is 63.5 cm³/mol. The lowest BCUT2D eigenvalue weighted by Gasteiger charge is -2.26. The fraction of sp³-hybridized carbons (Fsp3) is 0.923. The highest BCUT2D eigenvalue weighted by molar-refractivity contribution is 4.94. The van der Waals surface area contributed by atoms with Crippen LogP contribution in [0.25, 0.3) is 0 Å². The number of nitrogens with one attached hydrogen (secondary N) is 1. The van der Waals surface area contributed by atoms with Crippen LogP contribution in [-0.4, -0.2) is 12.1 Å². The van der Waals surface area contributed by atoms with Crippen LogP contribution in [0.3, 0.4) is 0 Å². The lowest BCUT2D eigenvalue weighted by Crippen LogP contribution is -2.41. The zero-order chi connectivity index (χ0) is 11.1. The van der Waals surface area contributed by atoms with Crippen molar-refractivity contribution in [2.24, 2.45) is 5.92 Å². The van der Waals surface area contributed by atoms with Crippen molar-refractivity contribution in [1.29, 1.82) is 5.26 Å². The minimum Gasteiger partial charge on any atom is -0.310 e. The Hall–Kier alpha value is -0.550. The monoisotopic (exact) mass is 208 g/mol. The summed E-state index contributed by atoms with van der Waals surface area (Å²) in [5.41, 5.74) is 0. The van der Waals surface area contributed by atoms with E-state index in [2.05, 4.69) is 25.2 Å². The Kier molecular flexibility index (Phi) is 5.71. The summed E-state index contributed by atoms with van der Waals surface area (Å²) in [5, 5.41) is 12.8. The van der Waals surface area contributed by atoms with Gasteiger partial charge in [0.1, 0.15) is 0 Å². The topological polar surface area (TPSA) is 35.8 Å². The summed E-state index contributed by atoms with van der Waals surface area (Å²) in [6.45, 7) is 4.44. The average molecular weight is 208 g/mol. The molecule has 0 aromatic carbocycles. The molecule has 0 amide bonds. The van der Waals surface area contributed by atoms with Crippen molar-refractivity contribution >= 4 is 0 Å². The second kappa shape index (κ2) is 6.85. The minimum atomic E-state index is 0.244. The van der Waals surface area contributed by atoms with Crippen molar-refractivity contribution in [1.82, 2.24) is 5.32 Å². The standard InChI is InChI=1S/C13H24N2/c1-3-12(4-2)15-13-9-7-5-6-8-11(13)10-14/h11-13,15H,3-9H2,1-2H3. The maximum Gasteiger partial charge on any atom is 0.0672 e. The van der Waals surface area contributed by atoms with Crippen molar-refractivity contribution in [2.45, 2.75) is 70.9 Å². The highest BCUT2D eigenvalue weighted by Gasteiger charge is 2.24. The number of rotatable bonds is 4. The Balaban J connectivity index is 2.51. The molecule has 1 N–H and O–H groups in total. The highest BCUT2D eigenvalue weighted by Crippen LogP contribution is 2.23. The lowest BCUT2D eigenvalue weighted by molar-refractivity contribution is 0.337. The third-order valence-electron chi connectivity index (χ3n) is 3.62. The average Bonchev–Trinajstić information content (AvgIpc) is 2.50. The number of nitrogens with zero attached hydrogens (tertiary/aromatic N) is 1. The molecule has 0 heterocycles. The van der Waals surface area contributed by atoms with Crippen LogP contribution in [-0.2, 0) is 0 Å². The molecule has 1 aliphatic rings. The largest absolute Gasteiger partial charge is 0.310 e. The lowest BCUT2D eigenvalue weighted by atomic mass is 9.95. The molecule has 0 aliphatic heterocycles. The van der Waals surface area contributed by atoms with Gasteiger partial charge in [-0.15, -0.1) is 0 Å². The van der Waals surface area contributed by atoms with E-state index in [-0.39, 0.29) is 5.92 Å². The summed E-state index contributed by atoms with van der Waals surface area (Å²) >= 11 is 0. The molecule has 1 fully saturated rings. The summed E-state index contributed by atoms with van der Waals surface area (Å²) in [7, 11) is 0. The first-order valence-corrected chi connectivity index (χ1v) is 6.47. The molecule has 2 heteroatoms. The van der Waals surface area contributed by atoms with Gasteiger partial charge >= 0.3 is 0 Å². The quantitative estimate of drug-likeness (QED) is 0.720. The van der Waals surface area contributed by atoms with Gasteiger partial charge in [0.05, 0.1) is 12.0 Å². The Labute approximate surface area is 94.1 Å². The van der Waals surface area contributed by atoms with Gasteiger partial charge in [-0.05, 0) is 25.7 Å². The predicted octanol–water partition coefficient (Wildman–Crippen LogP) is 3.24. The van der Waals surface area contributed by atoms with Crippen LogP contribution in [0.2, 0.25) is 0 Å². The van der Waals surface area contributed by atoms with Gasteiger partial charge in [0.15, 0.2) is 0 Å². The maximum atomic E-state index is 9.15. The first kappa shape index (κ1) is 12.5. The van der Waals surface area contributed by atoms with Crippen LogP contribution in [0.5, 0.6) is 0 Å². The summed E-state index contributed by atoms with van der Waals surface area (Å²) in [4.78, 5) is 0. The van der Waals surface area contributed by atoms with E-state index >= 15 is 0 Å².